The monoisotopic (exact) mass is 450 g/mol. The van der Waals surface area contributed by atoms with Crippen LogP contribution in [-0.4, -0.2) is 9.97 Å². The highest BCUT2D eigenvalue weighted by Crippen LogP contribution is 2.29. The Kier molecular flexibility index (Phi) is 7.43. The fourth-order valence-electron chi connectivity index (χ4n) is 1.74. The van der Waals surface area contributed by atoms with Gasteiger partial charge in [-0.1, -0.05) is 58.0 Å². The Hall–Kier alpha value is -1.63. The van der Waals surface area contributed by atoms with Gasteiger partial charge in [-0.3, -0.25) is 0 Å². The number of nitrogen functional groups attached to an aromatic ring is 2. The number of hydrogen-bond donors (Lipinski definition) is 2. The second-order valence-electron chi connectivity index (χ2n) is 4.81. The molecule has 3 aromatic rings. The van der Waals surface area contributed by atoms with Crippen LogP contribution in [0.1, 0.15) is 0 Å². The van der Waals surface area contributed by atoms with Gasteiger partial charge in [-0.15, -0.1) is 0 Å². The summed E-state index contributed by atoms with van der Waals surface area (Å²) in [5.41, 5.74) is 12.0. The van der Waals surface area contributed by atoms with Crippen molar-refractivity contribution in [3.05, 3.63) is 68.0 Å². The van der Waals surface area contributed by atoms with Gasteiger partial charge in [-0.2, -0.15) is 0 Å². The number of nitrogens with zero attached hydrogens (tertiary/aromatic N) is 2. The van der Waals surface area contributed by atoms with Crippen LogP contribution in [0.5, 0.6) is 11.6 Å². The van der Waals surface area contributed by atoms with E-state index in [1.165, 1.54) is 18.2 Å². The van der Waals surface area contributed by atoms with Crippen LogP contribution in [0, 0.1) is 0 Å². The average Bonchev–Trinajstić information content (AvgIpc) is 2.43. The van der Waals surface area contributed by atoms with Gasteiger partial charge in [-0.25, -0.2) is 9.97 Å². The van der Waals surface area contributed by atoms with E-state index in [1.807, 2.05) is 0 Å². The third-order valence-corrected chi connectivity index (χ3v) is 3.65. The van der Waals surface area contributed by atoms with E-state index in [-0.39, 0.29) is 11.0 Å². The Balaban J connectivity index is 0.000000228. The van der Waals surface area contributed by atoms with Crippen LogP contribution in [0.4, 0.5) is 11.4 Å². The van der Waals surface area contributed by atoms with Gasteiger partial charge in [0.25, 0.3) is 0 Å². The highest BCUT2D eigenvalue weighted by molar-refractivity contribution is 6.35. The Morgan fingerprint density at radius 1 is 0.615 bits per heavy atom. The number of halogens is 5. The van der Waals surface area contributed by atoms with Crippen molar-refractivity contribution in [1.29, 1.82) is 0 Å². The molecule has 0 aliphatic carbocycles. The molecule has 4 N–H and O–H groups in total. The molecular formula is C16H11Cl5N4O. The van der Waals surface area contributed by atoms with Gasteiger partial charge in [0.1, 0.15) is 21.2 Å². The number of benzene rings is 1. The summed E-state index contributed by atoms with van der Waals surface area (Å²) in [5, 5.41) is 1.85. The molecule has 0 saturated carbocycles. The van der Waals surface area contributed by atoms with Crippen LogP contribution >= 0.6 is 58.0 Å². The number of ether oxygens (including phenoxy) is 1. The minimum atomic E-state index is 0.258. The van der Waals surface area contributed by atoms with Crippen LogP contribution in [0.3, 0.4) is 0 Å². The molecule has 0 spiro atoms. The maximum absolute atomic E-state index is 5.84. The van der Waals surface area contributed by atoms with Gasteiger partial charge in [-0.05, 0) is 36.4 Å². The molecule has 2 aromatic heterocycles. The molecule has 0 aliphatic heterocycles. The van der Waals surface area contributed by atoms with Crippen molar-refractivity contribution in [3.8, 4) is 11.6 Å². The van der Waals surface area contributed by atoms with E-state index in [4.69, 9.17) is 74.2 Å². The number of pyridine rings is 2. The van der Waals surface area contributed by atoms with E-state index < -0.39 is 0 Å². The molecule has 0 atom stereocenters. The van der Waals surface area contributed by atoms with Crippen LogP contribution < -0.4 is 16.2 Å². The molecular weight excluding hydrogens is 441 g/mol. The van der Waals surface area contributed by atoms with Gasteiger partial charge < -0.3 is 16.2 Å². The van der Waals surface area contributed by atoms with E-state index in [0.29, 0.717) is 37.5 Å². The lowest BCUT2D eigenvalue weighted by Crippen LogP contribution is -1.92. The molecule has 0 unspecified atom stereocenters. The standard InChI is InChI=1S/C11H7Cl3N2O.C5H4Cl2N2/c12-6-1-7(13)3-9(2-6)17-11-5-8(15)4-10(14)16-11;6-4-1-3(8)2-5(7)9-4/h1-5H,(H2,15,16);1-2H,(H2,8,9). The van der Waals surface area contributed by atoms with Crippen LogP contribution in [0.25, 0.3) is 0 Å². The summed E-state index contributed by atoms with van der Waals surface area (Å²) >= 11 is 28.4. The summed E-state index contributed by atoms with van der Waals surface area (Å²) in [7, 11) is 0. The highest BCUT2D eigenvalue weighted by Gasteiger charge is 2.04. The SMILES string of the molecule is Nc1cc(Cl)nc(Cl)c1.Nc1cc(Cl)nc(Oc2cc(Cl)cc(Cl)c2)c1. The maximum Gasteiger partial charge on any atom is 0.222 e. The predicted molar refractivity (Wildman–Crippen MR) is 109 cm³/mol. The van der Waals surface area contributed by atoms with Crippen molar-refractivity contribution in [3.63, 3.8) is 0 Å². The average molecular weight is 453 g/mol. The number of anilines is 2. The minimum Gasteiger partial charge on any atom is -0.439 e. The van der Waals surface area contributed by atoms with Gasteiger partial charge in [0.05, 0.1) is 0 Å². The molecule has 0 bridgehead atoms. The fourth-order valence-corrected chi connectivity index (χ4v) is 2.93. The lowest BCUT2D eigenvalue weighted by molar-refractivity contribution is 0.463. The zero-order chi connectivity index (χ0) is 19.3. The third-order valence-electron chi connectivity index (χ3n) is 2.64. The Morgan fingerprint density at radius 2 is 1.08 bits per heavy atom. The first kappa shape index (κ1) is 20.7. The summed E-state index contributed by atoms with van der Waals surface area (Å²) in [6.07, 6.45) is 0. The number of nitrogens with two attached hydrogens (primary N) is 2. The molecule has 0 amide bonds. The molecule has 10 heteroatoms. The third kappa shape index (κ3) is 6.94. The molecule has 3 rings (SSSR count). The zero-order valence-corrected chi connectivity index (χ0v) is 16.7. The molecule has 0 fully saturated rings. The van der Waals surface area contributed by atoms with E-state index >= 15 is 0 Å². The van der Waals surface area contributed by atoms with Crippen LogP contribution in [-0.2, 0) is 0 Å². The van der Waals surface area contributed by atoms with Gasteiger partial charge in [0, 0.05) is 27.5 Å². The topological polar surface area (TPSA) is 87.0 Å². The van der Waals surface area contributed by atoms with Crippen molar-refractivity contribution in [1.82, 2.24) is 9.97 Å². The minimum absolute atomic E-state index is 0.258. The van der Waals surface area contributed by atoms with E-state index in [2.05, 4.69) is 9.97 Å². The van der Waals surface area contributed by atoms with Crippen molar-refractivity contribution < 1.29 is 4.74 Å². The van der Waals surface area contributed by atoms with Crippen molar-refractivity contribution >= 4 is 69.4 Å². The van der Waals surface area contributed by atoms with Crippen molar-refractivity contribution in [2.45, 2.75) is 0 Å². The summed E-state index contributed by atoms with van der Waals surface area (Å²) in [6.45, 7) is 0. The molecule has 136 valence electrons. The summed E-state index contributed by atoms with van der Waals surface area (Å²) in [6, 6.07) is 11.0. The smallest absolute Gasteiger partial charge is 0.222 e. The quantitative estimate of drug-likeness (QED) is 0.440. The van der Waals surface area contributed by atoms with Gasteiger partial charge in [0.2, 0.25) is 5.88 Å². The van der Waals surface area contributed by atoms with Crippen molar-refractivity contribution in [2.24, 2.45) is 0 Å². The first-order valence-electron chi connectivity index (χ1n) is 6.87. The molecule has 0 radical (unpaired) electrons. The lowest BCUT2D eigenvalue weighted by atomic mass is 10.3. The van der Waals surface area contributed by atoms with Gasteiger partial charge in [0.15, 0.2) is 0 Å². The van der Waals surface area contributed by atoms with Crippen LogP contribution in [0.2, 0.25) is 25.5 Å². The maximum atomic E-state index is 5.84. The number of rotatable bonds is 2. The number of aromatic nitrogens is 2. The van der Waals surface area contributed by atoms with Crippen LogP contribution in [0.15, 0.2) is 42.5 Å². The largest absolute Gasteiger partial charge is 0.439 e. The van der Waals surface area contributed by atoms with E-state index in [9.17, 15) is 0 Å². The Morgan fingerprint density at radius 3 is 1.54 bits per heavy atom. The Labute approximate surface area is 174 Å². The number of hydrogen-bond acceptors (Lipinski definition) is 5. The fraction of sp³-hybridized carbons (Fsp3) is 0. The summed E-state index contributed by atoms with van der Waals surface area (Å²) in [5.74, 6) is 0.755. The molecule has 2 heterocycles. The molecule has 0 saturated heterocycles. The van der Waals surface area contributed by atoms with E-state index in [1.54, 1.807) is 24.3 Å². The molecule has 26 heavy (non-hydrogen) atoms. The molecule has 0 aliphatic rings. The second-order valence-corrected chi connectivity index (χ2v) is 6.85. The first-order chi connectivity index (χ1) is 12.2. The molecule has 1 aromatic carbocycles. The van der Waals surface area contributed by atoms with E-state index in [0.717, 1.165) is 0 Å². The first-order valence-corrected chi connectivity index (χ1v) is 8.76. The predicted octanol–water partition coefficient (Wildman–Crippen LogP) is 6.39. The second kappa shape index (κ2) is 9.35. The zero-order valence-electron chi connectivity index (χ0n) is 12.9. The highest BCUT2D eigenvalue weighted by atomic mass is 35.5. The lowest BCUT2D eigenvalue weighted by Gasteiger charge is -2.06. The summed E-state index contributed by atoms with van der Waals surface area (Å²) < 4.78 is 5.46. The normalized spacial score (nSPS) is 10.0. The van der Waals surface area contributed by atoms with Gasteiger partial charge >= 0.3 is 0 Å². The summed E-state index contributed by atoms with van der Waals surface area (Å²) in [4.78, 5) is 7.65. The van der Waals surface area contributed by atoms with Crippen molar-refractivity contribution in [2.75, 3.05) is 11.5 Å². The molecule has 5 nitrogen and oxygen atoms in total. The Bertz CT molecular complexity index is 783.